The molecule has 1 aromatic carbocycles. The Hall–Kier alpha value is -1.63. The number of nitrogens with one attached hydrogen (secondary N) is 1. The standard InChI is InChI=1S/C23H33ClN4O2/c24-19-8-2-3-9-20(19)25-22(29)16-26-12-14-27(15-13-26)17-23(30)28-11-5-7-18-6-1-4-10-21(18)28/h2-3,8-9,18,21H,1,4-7,10-17H2,(H,25,29). The molecule has 3 fully saturated rings. The summed E-state index contributed by atoms with van der Waals surface area (Å²) in [5.74, 6) is 0.978. The average molecular weight is 433 g/mol. The number of rotatable bonds is 5. The van der Waals surface area contributed by atoms with E-state index in [2.05, 4.69) is 20.0 Å². The molecule has 30 heavy (non-hydrogen) atoms. The smallest absolute Gasteiger partial charge is 0.238 e. The maximum atomic E-state index is 13.0. The van der Waals surface area contributed by atoms with E-state index < -0.39 is 0 Å². The molecular formula is C23H33ClN4O2. The number of hydrogen-bond acceptors (Lipinski definition) is 4. The normalized spacial score (nSPS) is 25.6. The molecule has 2 heterocycles. The van der Waals surface area contributed by atoms with Crippen LogP contribution in [0, 0.1) is 5.92 Å². The van der Waals surface area contributed by atoms with Gasteiger partial charge in [0.2, 0.25) is 11.8 Å². The van der Waals surface area contributed by atoms with E-state index in [1.54, 1.807) is 12.1 Å². The monoisotopic (exact) mass is 432 g/mol. The van der Waals surface area contributed by atoms with Crippen molar-refractivity contribution >= 4 is 29.1 Å². The van der Waals surface area contributed by atoms with Gasteiger partial charge in [0.15, 0.2) is 0 Å². The number of amides is 2. The molecule has 3 aliphatic rings. The molecule has 0 spiro atoms. The summed E-state index contributed by atoms with van der Waals surface area (Å²) in [5.41, 5.74) is 0.649. The zero-order chi connectivity index (χ0) is 20.9. The molecule has 0 radical (unpaired) electrons. The Morgan fingerprint density at radius 1 is 0.900 bits per heavy atom. The minimum atomic E-state index is -0.0516. The summed E-state index contributed by atoms with van der Waals surface area (Å²) in [6, 6.07) is 7.76. The van der Waals surface area contributed by atoms with E-state index >= 15 is 0 Å². The number of anilines is 1. The first-order valence-electron chi connectivity index (χ1n) is 11.4. The van der Waals surface area contributed by atoms with E-state index in [4.69, 9.17) is 11.6 Å². The van der Waals surface area contributed by atoms with Gasteiger partial charge in [-0.2, -0.15) is 0 Å². The van der Waals surface area contributed by atoms with Crippen molar-refractivity contribution in [1.82, 2.24) is 14.7 Å². The second-order valence-electron chi connectivity index (χ2n) is 8.92. The number of piperidine rings is 1. The molecule has 2 unspecified atom stereocenters. The third-order valence-electron chi connectivity index (χ3n) is 6.90. The fourth-order valence-electron chi connectivity index (χ4n) is 5.28. The van der Waals surface area contributed by atoms with Crippen LogP contribution in [-0.2, 0) is 9.59 Å². The lowest BCUT2D eigenvalue weighted by Crippen LogP contribution is -2.55. The van der Waals surface area contributed by atoms with Crippen LogP contribution >= 0.6 is 11.6 Å². The maximum absolute atomic E-state index is 13.0. The maximum Gasteiger partial charge on any atom is 0.238 e. The highest BCUT2D eigenvalue weighted by molar-refractivity contribution is 6.33. The van der Waals surface area contributed by atoms with E-state index in [1.165, 1.54) is 32.1 Å². The average Bonchev–Trinajstić information content (AvgIpc) is 2.76. The number of halogens is 1. The summed E-state index contributed by atoms with van der Waals surface area (Å²) in [5, 5.41) is 3.43. The van der Waals surface area contributed by atoms with Gasteiger partial charge in [0.1, 0.15) is 0 Å². The van der Waals surface area contributed by atoms with Crippen LogP contribution in [0.15, 0.2) is 24.3 Å². The van der Waals surface area contributed by atoms with Crippen molar-refractivity contribution in [2.45, 2.75) is 44.6 Å². The molecule has 0 bridgehead atoms. The predicted octanol–water partition coefficient (Wildman–Crippen LogP) is 3.08. The van der Waals surface area contributed by atoms with E-state index in [9.17, 15) is 9.59 Å². The van der Waals surface area contributed by atoms with Crippen LogP contribution in [-0.4, -0.2) is 78.4 Å². The van der Waals surface area contributed by atoms with Gasteiger partial charge in [-0.3, -0.25) is 19.4 Å². The first-order chi connectivity index (χ1) is 14.6. The number of nitrogens with zero attached hydrogens (tertiary/aromatic N) is 3. The van der Waals surface area contributed by atoms with E-state index in [0.717, 1.165) is 45.1 Å². The van der Waals surface area contributed by atoms with Crippen molar-refractivity contribution in [2.24, 2.45) is 5.92 Å². The highest BCUT2D eigenvalue weighted by atomic mass is 35.5. The van der Waals surface area contributed by atoms with Gasteiger partial charge in [0, 0.05) is 38.8 Å². The van der Waals surface area contributed by atoms with Crippen LogP contribution in [0.3, 0.4) is 0 Å². The molecule has 4 rings (SSSR count). The van der Waals surface area contributed by atoms with Gasteiger partial charge in [0.25, 0.3) is 0 Å². The minimum absolute atomic E-state index is 0.0516. The summed E-state index contributed by atoms with van der Waals surface area (Å²) >= 11 is 6.11. The Labute approximate surface area is 184 Å². The van der Waals surface area contributed by atoms with Gasteiger partial charge in [-0.15, -0.1) is 0 Å². The number of piperazine rings is 1. The molecule has 2 atom stereocenters. The van der Waals surface area contributed by atoms with Crippen molar-refractivity contribution in [2.75, 3.05) is 51.1 Å². The molecule has 1 aliphatic carbocycles. The highest BCUT2D eigenvalue weighted by Crippen LogP contribution is 2.35. The SMILES string of the molecule is O=C(CN1CCN(CC(=O)N2CCCC3CCCCC32)CC1)Nc1ccccc1Cl. The molecule has 1 saturated carbocycles. The van der Waals surface area contributed by atoms with E-state index in [-0.39, 0.29) is 5.91 Å². The highest BCUT2D eigenvalue weighted by Gasteiger charge is 2.36. The lowest BCUT2D eigenvalue weighted by Gasteiger charge is -2.45. The minimum Gasteiger partial charge on any atom is -0.338 e. The molecule has 1 aromatic rings. The van der Waals surface area contributed by atoms with Gasteiger partial charge in [0.05, 0.1) is 23.8 Å². The molecule has 1 N–H and O–H groups in total. The zero-order valence-electron chi connectivity index (χ0n) is 17.7. The largest absolute Gasteiger partial charge is 0.338 e. The summed E-state index contributed by atoms with van der Waals surface area (Å²) in [4.78, 5) is 31.9. The number of benzene rings is 1. The molecular weight excluding hydrogens is 400 g/mol. The molecule has 2 amide bonds. The van der Waals surface area contributed by atoms with Gasteiger partial charge in [-0.25, -0.2) is 0 Å². The number of carbonyl (C=O) groups is 2. The Bertz CT molecular complexity index is 748. The number of likely N-dealkylation sites (tertiary alicyclic amines) is 1. The number of fused-ring (bicyclic) bond motifs is 1. The van der Waals surface area contributed by atoms with Gasteiger partial charge in [-0.05, 0) is 43.7 Å². The topological polar surface area (TPSA) is 55.9 Å². The van der Waals surface area contributed by atoms with Crippen LogP contribution in [0.25, 0.3) is 0 Å². The first-order valence-corrected chi connectivity index (χ1v) is 11.8. The van der Waals surface area contributed by atoms with Crippen molar-refractivity contribution < 1.29 is 9.59 Å². The molecule has 2 aliphatic heterocycles. The van der Waals surface area contributed by atoms with Crippen molar-refractivity contribution in [3.8, 4) is 0 Å². The zero-order valence-corrected chi connectivity index (χ0v) is 18.4. The van der Waals surface area contributed by atoms with E-state index in [0.29, 0.717) is 35.7 Å². The van der Waals surface area contributed by atoms with Crippen LogP contribution < -0.4 is 5.32 Å². The van der Waals surface area contributed by atoms with Crippen molar-refractivity contribution in [3.63, 3.8) is 0 Å². The van der Waals surface area contributed by atoms with Crippen LogP contribution in [0.4, 0.5) is 5.69 Å². The third kappa shape index (κ3) is 5.34. The number of para-hydroxylation sites is 1. The predicted molar refractivity (Wildman–Crippen MR) is 120 cm³/mol. The Kier molecular flexibility index (Phi) is 7.28. The van der Waals surface area contributed by atoms with E-state index in [1.807, 2.05) is 12.1 Å². The third-order valence-corrected chi connectivity index (χ3v) is 7.23. The Morgan fingerprint density at radius 2 is 1.57 bits per heavy atom. The summed E-state index contributed by atoms with van der Waals surface area (Å²) in [6.45, 7) is 5.05. The number of carbonyl (C=O) groups excluding carboxylic acids is 2. The van der Waals surface area contributed by atoms with Crippen molar-refractivity contribution in [3.05, 3.63) is 29.3 Å². The fraction of sp³-hybridized carbons (Fsp3) is 0.652. The molecule has 7 heteroatoms. The molecule has 6 nitrogen and oxygen atoms in total. The quantitative estimate of drug-likeness (QED) is 0.776. The van der Waals surface area contributed by atoms with Crippen LogP contribution in [0.5, 0.6) is 0 Å². The Morgan fingerprint density at radius 3 is 2.33 bits per heavy atom. The van der Waals surface area contributed by atoms with Crippen LogP contribution in [0.2, 0.25) is 5.02 Å². The molecule has 0 aromatic heterocycles. The van der Waals surface area contributed by atoms with Crippen LogP contribution in [0.1, 0.15) is 38.5 Å². The summed E-state index contributed by atoms with van der Waals surface area (Å²) in [7, 11) is 0. The fourth-order valence-corrected chi connectivity index (χ4v) is 5.46. The second-order valence-corrected chi connectivity index (χ2v) is 9.33. The van der Waals surface area contributed by atoms with Gasteiger partial charge in [-0.1, -0.05) is 36.6 Å². The molecule has 164 valence electrons. The molecule has 2 saturated heterocycles. The lowest BCUT2D eigenvalue weighted by molar-refractivity contribution is -0.139. The lowest BCUT2D eigenvalue weighted by atomic mass is 9.78. The number of hydrogen-bond donors (Lipinski definition) is 1. The van der Waals surface area contributed by atoms with Gasteiger partial charge < -0.3 is 10.2 Å². The van der Waals surface area contributed by atoms with Gasteiger partial charge >= 0.3 is 0 Å². The first kappa shape index (κ1) is 21.6. The summed E-state index contributed by atoms with van der Waals surface area (Å²) in [6.07, 6.45) is 7.52. The second kappa shape index (κ2) is 10.1. The van der Waals surface area contributed by atoms with Crippen molar-refractivity contribution in [1.29, 1.82) is 0 Å². The Balaban J connectivity index is 1.21. The summed E-state index contributed by atoms with van der Waals surface area (Å²) < 4.78 is 0.